The summed E-state index contributed by atoms with van der Waals surface area (Å²) in [5.41, 5.74) is 16.3. The molecule has 0 saturated heterocycles. The van der Waals surface area contributed by atoms with E-state index in [1.807, 2.05) is 18.5 Å². The Morgan fingerprint density at radius 3 is 2.72 bits per heavy atom. The van der Waals surface area contributed by atoms with Gasteiger partial charge in [-0.3, -0.25) is 9.78 Å². The van der Waals surface area contributed by atoms with Crippen LogP contribution in [0.1, 0.15) is 58.1 Å². The van der Waals surface area contributed by atoms with E-state index in [9.17, 15) is 4.79 Å². The van der Waals surface area contributed by atoms with E-state index in [1.54, 1.807) is 6.20 Å². The van der Waals surface area contributed by atoms with Crippen molar-refractivity contribution < 1.29 is 4.79 Å². The Morgan fingerprint density at radius 2 is 2.00 bits per heavy atom. The number of hydrogen-bond acceptors (Lipinski definition) is 6. The van der Waals surface area contributed by atoms with Gasteiger partial charge in [-0.1, -0.05) is 20.8 Å². The SMILES string of the molecule is CC(C)CC(N)C(=O)CCCn1cnc2c(C(C)CCN)nc3cccnc3c21. The van der Waals surface area contributed by atoms with Crippen molar-refractivity contribution in [3.8, 4) is 0 Å². The van der Waals surface area contributed by atoms with Crippen molar-refractivity contribution in [1.82, 2.24) is 19.5 Å². The van der Waals surface area contributed by atoms with Crippen LogP contribution in [-0.4, -0.2) is 37.9 Å². The Labute approximate surface area is 171 Å². The lowest BCUT2D eigenvalue weighted by Gasteiger charge is -2.14. The summed E-state index contributed by atoms with van der Waals surface area (Å²) in [7, 11) is 0. The molecule has 0 aliphatic rings. The lowest BCUT2D eigenvalue weighted by Crippen LogP contribution is -2.31. The molecule has 3 rings (SSSR count). The monoisotopic (exact) mass is 396 g/mol. The normalized spacial score (nSPS) is 14.0. The topological polar surface area (TPSA) is 113 Å². The van der Waals surface area contributed by atoms with Crippen molar-refractivity contribution in [1.29, 1.82) is 0 Å². The minimum atomic E-state index is -0.370. The molecule has 156 valence electrons. The predicted octanol–water partition coefficient (Wildman–Crippen LogP) is 3.15. The van der Waals surface area contributed by atoms with Crippen molar-refractivity contribution >= 4 is 27.9 Å². The number of ketones is 1. The van der Waals surface area contributed by atoms with E-state index in [1.165, 1.54) is 0 Å². The zero-order valence-electron chi connectivity index (χ0n) is 17.6. The minimum Gasteiger partial charge on any atom is -0.330 e. The van der Waals surface area contributed by atoms with Gasteiger partial charge in [-0.2, -0.15) is 0 Å². The van der Waals surface area contributed by atoms with Gasteiger partial charge in [0.25, 0.3) is 0 Å². The molecule has 4 N–H and O–H groups in total. The molecular formula is C22H32N6O. The third kappa shape index (κ3) is 4.79. The minimum absolute atomic E-state index is 0.130. The van der Waals surface area contributed by atoms with E-state index in [0.717, 1.165) is 47.0 Å². The molecule has 3 heterocycles. The maximum Gasteiger partial charge on any atom is 0.149 e. The number of pyridine rings is 2. The van der Waals surface area contributed by atoms with Crippen LogP contribution in [0.3, 0.4) is 0 Å². The van der Waals surface area contributed by atoms with E-state index < -0.39 is 0 Å². The van der Waals surface area contributed by atoms with Crippen molar-refractivity contribution in [2.24, 2.45) is 17.4 Å². The Kier molecular flexibility index (Phi) is 6.92. The van der Waals surface area contributed by atoms with Crippen LogP contribution in [0.2, 0.25) is 0 Å². The predicted molar refractivity (Wildman–Crippen MR) is 117 cm³/mol. The van der Waals surface area contributed by atoms with Crippen molar-refractivity contribution in [3.63, 3.8) is 0 Å². The fraction of sp³-hybridized carbons (Fsp3) is 0.545. The van der Waals surface area contributed by atoms with E-state index >= 15 is 0 Å². The summed E-state index contributed by atoms with van der Waals surface area (Å²) >= 11 is 0. The summed E-state index contributed by atoms with van der Waals surface area (Å²) in [4.78, 5) is 26.4. The number of aromatic nitrogens is 4. The van der Waals surface area contributed by atoms with Gasteiger partial charge in [0.05, 0.1) is 29.1 Å². The molecule has 2 unspecified atom stereocenters. The fourth-order valence-electron chi connectivity index (χ4n) is 3.82. The van der Waals surface area contributed by atoms with Gasteiger partial charge in [-0.15, -0.1) is 0 Å². The van der Waals surface area contributed by atoms with Gasteiger partial charge in [0.2, 0.25) is 0 Å². The molecule has 0 saturated carbocycles. The van der Waals surface area contributed by atoms with E-state index in [-0.39, 0.29) is 17.7 Å². The molecule has 0 fully saturated rings. The Hall–Kier alpha value is -2.38. The maximum atomic E-state index is 12.3. The average molecular weight is 397 g/mol. The number of carbonyl (C=O) groups is 1. The first-order valence-corrected chi connectivity index (χ1v) is 10.5. The molecule has 7 heteroatoms. The molecule has 0 radical (unpaired) electrons. The molecule has 2 atom stereocenters. The molecule has 29 heavy (non-hydrogen) atoms. The third-order valence-corrected chi connectivity index (χ3v) is 5.36. The number of carbonyl (C=O) groups excluding carboxylic acids is 1. The summed E-state index contributed by atoms with van der Waals surface area (Å²) < 4.78 is 2.09. The van der Waals surface area contributed by atoms with Gasteiger partial charge < -0.3 is 16.0 Å². The standard InChI is InChI=1S/C22H32N6O/c1-14(2)12-16(24)18(29)7-5-11-28-13-26-21-19(15(3)8-9-23)27-17-6-4-10-25-20(17)22(21)28/h4,6,10,13-16H,5,7-9,11-12,23-24H2,1-3H3. The summed E-state index contributed by atoms with van der Waals surface area (Å²) in [6, 6.07) is 3.50. The highest BCUT2D eigenvalue weighted by Gasteiger charge is 2.19. The number of nitrogens with two attached hydrogens (primary N) is 2. The highest BCUT2D eigenvalue weighted by atomic mass is 16.1. The Morgan fingerprint density at radius 1 is 1.21 bits per heavy atom. The van der Waals surface area contributed by atoms with Crippen LogP contribution in [0.25, 0.3) is 22.1 Å². The molecule has 3 aromatic rings. The first-order chi connectivity index (χ1) is 13.9. The second-order valence-electron chi connectivity index (χ2n) is 8.29. The summed E-state index contributed by atoms with van der Waals surface area (Å²) in [5.74, 6) is 0.765. The quantitative estimate of drug-likeness (QED) is 0.544. The zero-order chi connectivity index (χ0) is 21.0. The van der Waals surface area contributed by atoms with Gasteiger partial charge in [-0.25, -0.2) is 9.97 Å². The lowest BCUT2D eigenvalue weighted by atomic mass is 9.98. The Balaban J connectivity index is 1.87. The molecule has 0 spiro atoms. The second-order valence-corrected chi connectivity index (χ2v) is 8.29. The number of fused-ring (bicyclic) bond motifs is 3. The first-order valence-electron chi connectivity index (χ1n) is 10.5. The smallest absolute Gasteiger partial charge is 0.149 e. The first kappa shape index (κ1) is 21.3. The van der Waals surface area contributed by atoms with Gasteiger partial charge in [-0.05, 0) is 43.9 Å². The molecule has 0 bridgehead atoms. The highest BCUT2D eigenvalue weighted by Crippen LogP contribution is 2.29. The maximum absolute atomic E-state index is 12.3. The zero-order valence-corrected chi connectivity index (χ0v) is 17.6. The number of imidazole rings is 1. The molecule has 7 nitrogen and oxygen atoms in total. The highest BCUT2D eigenvalue weighted by molar-refractivity contribution is 6.00. The van der Waals surface area contributed by atoms with E-state index in [0.29, 0.717) is 25.4 Å². The van der Waals surface area contributed by atoms with Gasteiger partial charge in [0, 0.05) is 25.1 Å². The van der Waals surface area contributed by atoms with Crippen LogP contribution in [0, 0.1) is 5.92 Å². The van der Waals surface area contributed by atoms with Crippen molar-refractivity contribution in [3.05, 3.63) is 30.4 Å². The summed E-state index contributed by atoms with van der Waals surface area (Å²) in [6.45, 7) is 7.59. The van der Waals surface area contributed by atoms with E-state index in [4.69, 9.17) is 16.5 Å². The van der Waals surface area contributed by atoms with Gasteiger partial charge >= 0.3 is 0 Å². The van der Waals surface area contributed by atoms with E-state index in [2.05, 4.69) is 35.3 Å². The number of Topliss-reactive ketones (excluding diaryl/α,β-unsaturated/α-hetero) is 1. The van der Waals surface area contributed by atoms with Gasteiger partial charge in [0.1, 0.15) is 16.8 Å². The van der Waals surface area contributed by atoms with Crippen molar-refractivity contribution in [2.45, 2.75) is 65.0 Å². The number of aryl methyl sites for hydroxylation is 1. The molecular weight excluding hydrogens is 364 g/mol. The number of hydrogen-bond donors (Lipinski definition) is 2. The van der Waals surface area contributed by atoms with Crippen LogP contribution < -0.4 is 11.5 Å². The van der Waals surface area contributed by atoms with Crippen LogP contribution in [0.5, 0.6) is 0 Å². The molecule has 3 aromatic heterocycles. The second kappa shape index (κ2) is 9.41. The summed E-state index contributed by atoms with van der Waals surface area (Å²) in [6.07, 6.45) is 6.38. The molecule has 0 aromatic carbocycles. The molecule has 0 amide bonds. The summed E-state index contributed by atoms with van der Waals surface area (Å²) in [5, 5.41) is 0. The van der Waals surface area contributed by atoms with Crippen LogP contribution in [-0.2, 0) is 11.3 Å². The van der Waals surface area contributed by atoms with Crippen LogP contribution in [0.15, 0.2) is 24.7 Å². The average Bonchev–Trinajstić information content (AvgIpc) is 3.11. The lowest BCUT2D eigenvalue weighted by molar-refractivity contribution is -0.120. The number of rotatable bonds is 10. The molecule has 0 aliphatic carbocycles. The Bertz CT molecular complexity index is 980. The van der Waals surface area contributed by atoms with Gasteiger partial charge in [0.15, 0.2) is 0 Å². The molecule has 0 aliphatic heterocycles. The van der Waals surface area contributed by atoms with Crippen LogP contribution >= 0.6 is 0 Å². The van der Waals surface area contributed by atoms with Crippen molar-refractivity contribution in [2.75, 3.05) is 6.54 Å². The van der Waals surface area contributed by atoms with Crippen LogP contribution in [0.4, 0.5) is 0 Å². The fourth-order valence-corrected chi connectivity index (χ4v) is 3.82. The third-order valence-electron chi connectivity index (χ3n) is 5.36. The number of nitrogens with zero attached hydrogens (tertiary/aromatic N) is 4. The largest absolute Gasteiger partial charge is 0.330 e.